The molecule has 1 aliphatic heterocycles. The molecule has 0 atom stereocenters. The number of aromatic nitrogens is 3. The number of pyridine rings is 1. The van der Waals surface area contributed by atoms with Crippen LogP contribution in [0.25, 0.3) is 11.0 Å². The minimum Gasteiger partial charge on any atom is -0.481 e. The number of carbonyl (C=O) groups is 1. The second kappa shape index (κ2) is 8.98. The van der Waals surface area contributed by atoms with Crippen molar-refractivity contribution in [2.75, 3.05) is 5.32 Å². The van der Waals surface area contributed by atoms with Gasteiger partial charge in [0.1, 0.15) is 5.60 Å². The molecule has 2 fully saturated rings. The summed E-state index contributed by atoms with van der Waals surface area (Å²) in [7, 11) is 0. The predicted molar refractivity (Wildman–Crippen MR) is 123 cm³/mol. The SMILES string of the molecule is CCn1ncc2c(NC3CCCCC3)c(C3=NOC4(CCC(C(=O)O)CC4)C3)c(C(F)(F)F)nc21. The fourth-order valence-corrected chi connectivity index (χ4v) is 5.72. The average molecular weight is 494 g/mol. The van der Waals surface area contributed by atoms with E-state index in [1.807, 2.05) is 6.92 Å². The summed E-state index contributed by atoms with van der Waals surface area (Å²) in [6, 6.07) is 0.0575. The second-order valence-corrected chi connectivity index (χ2v) is 9.99. The number of oxime groups is 1. The fraction of sp³-hybridized carbons (Fsp3) is 0.667. The van der Waals surface area contributed by atoms with Gasteiger partial charge in [-0.05, 0) is 45.4 Å². The molecule has 0 saturated heterocycles. The van der Waals surface area contributed by atoms with Crippen molar-refractivity contribution in [2.24, 2.45) is 11.1 Å². The van der Waals surface area contributed by atoms with Gasteiger partial charge in [-0.3, -0.25) is 4.79 Å². The molecule has 0 radical (unpaired) electrons. The van der Waals surface area contributed by atoms with Gasteiger partial charge in [0.05, 0.1) is 34.5 Å². The second-order valence-electron chi connectivity index (χ2n) is 9.99. The summed E-state index contributed by atoms with van der Waals surface area (Å²) in [4.78, 5) is 21.2. The third-order valence-electron chi connectivity index (χ3n) is 7.68. The van der Waals surface area contributed by atoms with Crippen LogP contribution in [0.2, 0.25) is 0 Å². The van der Waals surface area contributed by atoms with Crippen molar-refractivity contribution in [3.8, 4) is 0 Å². The first kappa shape index (κ1) is 23.9. The van der Waals surface area contributed by atoms with Crippen LogP contribution >= 0.6 is 0 Å². The minimum absolute atomic E-state index is 0.0575. The van der Waals surface area contributed by atoms with Crippen LogP contribution in [0.3, 0.4) is 0 Å². The topological polar surface area (TPSA) is 102 Å². The molecule has 11 heteroatoms. The highest BCUT2D eigenvalue weighted by molar-refractivity contribution is 6.12. The van der Waals surface area contributed by atoms with Gasteiger partial charge in [-0.25, -0.2) is 9.67 Å². The molecule has 2 N–H and O–H groups in total. The van der Waals surface area contributed by atoms with E-state index in [9.17, 15) is 23.1 Å². The average Bonchev–Trinajstić information content (AvgIpc) is 3.43. The molecule has 0 bridgehead atoms. The molecular formula is C24H30F3N5O3. The van der Waals surface area contributed by atoms with Crippen LogP contribution in [0.15, 0.2) is 11.4 Å². The Morgan fingerprint density at radius 2 is 1.94 bits per heavy atom. The van der Waals surface area contributed by atoms with Gasteiger partial charge in [-0.15, -0.1) is 0 Å². The summed E-state index contributed by atoms with van der Waals surface area (Å²) in [6.45, 7) is 2.21. The number of rotatable bonds is 5. The first-order chi connectivity index (χ1) is 16.7. The van der Waals surface area contributed by atoms with E-state index in [0.29, 0.717) is 43.3 Å². The van der Waals surface area contributed by atoms with Crippen LogP contribution in [0.1, 0.15) is 82.4 Å². The van der Waals surface area contributed by atoms with E-state index in [2.05, 4.69) is 20.6 Å². The smallest absolute Gasteiger partial charge is 0.434 e. The lowest BCUT2D eigenvalue weighted by molar-refractivity contribution is -0.145. The highest BCUT2D eigenvalue weighted by Gasteiger charge is 2.47. The number of carboxylic acid groups (broad SMARTS) is 1. The van der Waals surface area contributed by atoms with Crippen molar-refractivity contribution in [2.45, 2.75) is 95.5 Å². The molecule has 190 valence electrons. The van der Waals surface area contributed by atoms with Crippen LogP contribution in [0.5, 0.6) is 0 Å². The number of alkyl halides is 3. The first-order valence-electron chi connectivity index (χ1n) is 12.4. The van der Waals surface area contributed by atoms with Crippen LogP contribution < -0.4 is 5.32 Å². The normalized spacial score (nSPS) is 25.6. The molecule has 2 aromatic rings. The lowest BCUT2D eigenvalue weighted by atomic mass is 9.76. The Hall–Kier alpha value is -2.85. The lowest BCUT2D eigenvalue weighted by Crippen LogP contribution is -2.36. The van der Waals surface area contributed by atoms with Crippen molar-refractivity contribution in [3.63, 3.8) is 0 Å². The fourth-order valence-electron chi connectivity index (χ4n) is 5.72. The van der Waals surface area contributed by atoms with Crippen molar-refractivity contribution >= 4 is 28.4 Å². The highest BCUT2D eigenvalue weighted by atomic mass is 19.4. The monoisotopic (exact) mass is 493 g/mol. The Balaban J connectivity index is 1.58. The molecule has 2 saturated carbocycles. The zero-order valence-electron chi connectivity index (χ0n) is 19.7. The standard InChI is InChI=1S/C24H30F3N5O3/c1-2-32-21-16(13-28-32)19(29-15-6-4-3-5-7-15)18(20(30-21)24(25,26)27)17-12-23(35-31-17)10-8-14(9-11-23)22(33)34/h13-15H,2-12H2,1H3,(H,29,30)(H,33,34). The van der Waals surface area contributed by atoms with Gasteiger partial charge in [0, 0.05) is 19.0 Å². The number of nitrogens with one attached hydrogen (secondary N) is 1. The molecule has 8 nitrogen and oxygen atoms in total. The summed E-state index contributed by atoms with van der Waals surface area (Å²) in [5, 5.41) is 21.8. The van der Waals surface area contributed by atoms with Crippen molar-refractivity contribution < 1.29 is 27.9 Å². The number of fused-ring (bicyclic) bond motifs is 1. The number of hydrogen-bond acceptors (Lipinski definition) is 6. The van der Waals surface area contributed by atoms with Crippen molar-refractivity contribution in [1.82, 2.24) is 14.8 Å². The molecule has 0 unspecified atom stereocenters. The summed E-state index contributed by atoms with van der Waals surface area (Å²) in [5.74, 6) is -1.31. The maximum atomic E-state index is 14.4. The zero-order valence-corrected chi connectivity index (χ0v) is 19.7. The van der Waals surface area contributed by atoms with Gasteiger partial charge in [0.2, 0.25) is 0 Å². The third kappa shape index (κ3) is 4.45. The quantitative estimate of drug-likeness (QED) is 0.582. The molecule has 3 aliphatic rings. The summed E-state index contributed by atoms with van der Waals surface area (Å²) in [6.07, 6.45) is 3.72. The van der Waals surface area contributed by atoms with Gasteiger partial charge in [-0.2, -0.15) is 18.3 Å². The molecule has 0 aromatic carbocycles. The Kier molecular flexibility index (Phi) is 6.13. The number of nitrogens with zero attached hydrogens (tertiary/aromatic N) is 4. The number of hydrogen-bond donors (Lipinski definition) is 2. The van der Waals surface area contributed by atoms with Gasteiger partial charge >= 0.3 is 12.1 Å². The minimum atomic E-state index is -4.70. The van der Waals surface area contributed by atoms with E-state index in [0.717, 1.165) is 32.1 Å². The number of halogens is 3. The van der Waals surface area contributed by atoms with Gasteiger partial charge in [0.15, 0.2) is 11.3 Å². The van der Waals surface area contributed by atoms with E-state index in [1.54, 1.807) is 6.20 Å². The van der Waals surface area contributed by atoms with Crippen molar-refractivity contribution in [3.05, 3.63) is 17.5 Å². The van der Waals surface area contributed by atoms with Crippen LogP contribution in [0.4, 0.5) is 18.9 Å². The van der Waals surface area contributed by atoms with E-state index in [-0.39, 0.29) is 29.4 Å². The van der Waals surface area contributed by atoms with Gasteiger partial charge < -0.3 is 15.3 Å². The first-order valence-corrected chi connectivity index (χ1v) is 12.4. The Morgan fingerprint density at radius 1 is 1.23 bits per heavy atom. The zero-order chi connectivity index (χ0) is 24.8. The highest BCUT2D eigenvalue weighted by Crippen LogP contribution is 2.46. The van der Waals surface area contributed by atoms with E-state index >= 15 is 0 Å². The molecular weight excluding hydrogens is 463 g/mol. The Morgan fingerprint density at radius 3 is 2.57 bits per heavy atom. The maximum Gasteiger partial charge on any atom is 0.434 e. The van der Waals surface area contributed by atoms with Crippen LogP contribution in [-0.4, -0.2) is 43.2 Å². The molecule has 0 amide bonds. The number of aryl methyl sites for hydroxylation is 1. The molecule has 35 heavy (non-hydrogen) atoms. The molecule has 5 rings (SSSR count). The predicted octanol–water partition coefficient (Wildman–Crippen LogP) is 5.35. The summed E-state index contributed by atoms with van der Waals surface area (Å²) < 4.78 is 44.7. The Bertz CT molecular complexity index is 1150. The molecule has 3 heterocycles. The van der Waals surface area contributed by atoms with Crippen LogP contribution in [-0.2, 0) is 22.4 Å². The number of carboxylic acids is 1. The van der Waals surface area contributed by atoms with Crippen molar-refractivity contribution in [1.29, 1.82) is 0 Å². The molecule has 2 aliphatic carbocycles. The Labute approximate surface area is 200 Å². The number of aliphatic carboxylic acids is 1. The molecule has 2 aromatic heterocycles. The van der Waals surface area contributed by atoms with Crippen LogP contribution in [0, 0.1) is 5.92 Å². The summed E-state index contributed by atoms with van der Waals surface area (Å²) >= 11 is 0. The van der Waals surface area contributed by atoms with Gasteiger partial charge in [-0.1, -0.05) is 24.4 Å². The lowest BCUT2D eigenvalue weighted by Gasteiger charge is -2.33. The maximum absolute atomic E-state index is 14.4. The largest absolute Gasteiger partial charge is 0.481 e. The van der Waals surface area contributed by atoms with E-state index in [1.165, 1.54) is 4.68 Å². The van der Waals surface area contributed by atoms with E-state index in [4.69, 9.17) is 4.84 Å². The molecule has 1 spiro atoms. The third-order valence-corrected chi connectivity index (χ3v) is 7.68. The van der Waals surface area contributed by atoms with Gasteiger partial charge in [0.25, 0.3) is 0 Å². The summed E-state index contributed by atoms with van der Waals surface area (Å²) in [5.41, 5.74) is -1.05. The van der Waals surface area contributed by atoms with E-state index < -0.39 is 29.4 Å². The number of anilines is 1.